The summed E-state index contributed by atoms with van der Waals surface area (Å²) in [6, 6.07) is 5.14. The van der Waals surface area contributed by atoms with Crippen molar-refractivity contribution in [3.05, 3.63) is 28.2 Å². The Morgan fingerprint density at radius 1 is 1.25 bits per heavy atom. The number of hydrogen-bond donors (Lipinski definition) is 0. The highest BCUT2D eigenvalue weighted by molar-refractivity contribution is 6.42. The van der Waals surface area contributed by atoms with E-state index < -0.39 is 6.10 Å². The SMILES string of the molecule is C[C@@H](Oc1cccc(Cl)c1Cl)C(=O)N1CCN(C)CC1. The number of carbonyl (C=O) groups excluding carboxylic acids is 1. The van der Waals surface area contributed by atoms with Crippen molar-refractivity contribution in [1.82, 2.24) is 9.80 Å². The van der Waals surface area contributed by atoms with Gasteiger partial charge in [0.1, 0.15) is 10.8 Å². The van der Waals surface area contributed by atoms with Crippen LogP contribution in [0.3, 0.4) is 0 Å². The topological polar surface area (TPSA) is 32.8 Å². The zero-order chi connectivity index (χ0) is 14.7. The number of benzene rings is 1. The zero-order valence-electron chi connectivity index (χ0n) is 11.6. The maximum absolute atomic E-state index is 12.3. The van der Waals surface area contributed by atoms with Gasteiger partial charge in [-0.05, 0) is 26.1 Å². The summed E-state index contributed by atoms with van der Waals surface area (Å²) in [7, 11) is 2.05. The molecule has 110 valence electrons. The summed E-state index contributed by atoms with van der Waals surface area (Å²) < 4.78 is 5.65. The molecule has 4 nitrogen and oxygen atoms in total. The van der Waals surface area contributed by atoms with Gasteiger partial charge in [0, 0.05) is 26.2 Å². The summed E-state index contributed by atoms with van der Waals surface area (Å²) in [6.07, 6.45) is -0.575. The van der Waals surface area contributed by atoms with Gasteiger partial charge < -0.3 is 14.5 Å². The van der Waals surface area contributed by atoms with E-state index >= 15 is 0 Å². The fraction of sp³-hybridized carbons (Fsp3) is 0.500. The highest BCUT2D eigenvalue weighted by Crippen LogP contribution is 2.32. The minimum Gasteiger partial charge on any atom is -0.479 e. The quantitative estimate of drug-likeness (QED) is 0.859. The van der Waals surface area contributed by atoms with Crippen molar-refractivity contribution in [2.75, 3.05) is 33.2 Å². The van der Waals surface area contributed by atoms with Gasteiger partial charge in [0.05, 0.1) is 5.02 Å². The van der Waals surface area contributed by atoms with Crippen molar-refractivity contribution in [1.29, 1.82) is 0 Å². The normalized spacial score (nSPS) is 17.9. The summed E-state index contributed by atoms with van der Waals surface area (Å²) >= 11 is 12.0. The Balaban J connectivity index is 1.99. The molecule has 20 heavy (non-hydrogen) atoms. The second-order valence-corrected chi connectivity index (χ2v) is 5.73. The van der Waals surface area contributed by atoms with Crippen molar-refractivity contribution >= 4 is 29.1 Å². The molecule has 1 atom stereocenters. The third kappa shape index (κ3) is 3.57. The van der Waals surface area contributed by atoms with Gasteiger partial charge in [-0.15, -0.1) is 0 Å². The Labute approximate surface area is 129 Å². The molecule has 0 saturated carbocycles. The van der Waals surface area contributed by atoms with Crippen LogP contribution in [0, 0.1) is 0 Å². The average Bonchev–Trinajstić information content (AvgIpc) is 2.44. The molecule has 0 bridgehead atoms. The maximum atomic E-state index is 12.3. The van der Waals surface area contributed by atoms with E-state index in [0.29, 0.717) is 15.8 Å². The minimum atomic E-state index is -0.575. The summed E-state index contributed by atoms with van der Waals surface area (Å²) in [4.78, 5) is 16.3. The molecule has 0 unspecified atom stereocenters. The van der Waals surface area contributed by atoms with E-state index in [9.17, 15) is 4.79 Å². The van der Waals surface area contributed by atoms with E-state index in [1.54, 1.807) is 25.1 Å². The number of carbonyl (C=O) groups is 1. The lowest BCUT2D eigenvalue weighted by molar-refractivity contribution is -0.139. The smallest absolute Gasteiger partial charge is 0.263 e. The molecular formula is C14H18Cl2N2O2. The first-order valence-electron chi connectivity index (χ1n) is 6.57. The molecule has 1 fully saturated rings. The predicted octanol–water partition coefficient (Wildman–Crippen LogP) is 2.53. The first kappa shape index (κ1) is 15.4. The predicted molar refractivity (Wildman–Crippen MR) is 80.6 cm³/mol. The molecule has 1 heterocycles. The lowest BCUT2D eigenvalue weighted by atomic mass is 10.2. The van der Waals surface area contributed by atoms with Crippen LogP contribution < -0.4 is 4.74 Å². The van der Waals surface area contributed by atoms with Crippen LogP contribution in [0.5, 0.6) is 5.75 Å². The van der Waals surface area contributed by atoms with Crippen LogP contribution in [0.1, 0.15) is 6.92 Å². The van der Waals surface area contributed by atoms with Crippen molar-refractivity contribution in [3.8, 4) is 5.75 Å². The van der Waals surface area contributed by atoms with Gasteiger partial charge in [-0.2, -0.15) is 0 Å². The van der Waals surface area contributed by atoms with Crippen molar-refractivity contribution in [2.24, 2.45) is 0 Å². The second-order valence-electron chi connectivity index (χ2n) is 4.94. The fourth-order valence-corrected chi connectivity index (χ4v) is 2.44. The van der Waals surface area contributed by atoms with Gasteiger partial charge >= 0.3 is 0 Å². The van der Waals surface area contributed by atoms with Crippen molar-refractivity contribution in [3.63, 3.8) is 0 Å². The number of likely N-dealkylation sites (N-methyl/N-ethyl adjacent to an activating group) is 1. The van der Waals surface area contributed by atoms with Gasteiger partial charge in [0.2, 0.25) is 0 Å². The van der Waals surface area contributed by atoms with Gasteiger partial charge in [0.15, 0.2) is 6.10 Å². The number of hydrogen-bond acceptors (Lipinski definition) is 3. The molecule has 1 aromatic rings. The highest BCUT2D eigenvalue weighted by Gasteiger charge is 2.25. The molecule has 1 aromatic carbocycles. The first-order valence-corrected chi connectivity index (χ1v) is 7.32. The summed E-state index contributed by atoms with van der Waals surface area (Å²) in [5, 5.41) is 0.760. The largest absolute Gasteiger partial charge is 0.479 e. The van der Waals surface area contributed by atoms with E-state index in [0.717, 1.165) is 26.2 Å². The van der Waals surface area contributed by atoms with Gasteiger partial charge in [0.25, 0.3) is 5.91 Å². The van der Waals surface area contributed by atoms with E-state index in [4.69, 9.17) is 27.9 Å². The first-order chi connectivity index (χ1) is 9.49. The van der Waals surface area contributed by atoms with E-state index in [2.05, 4.69) is 4.90 Å². The summed E-state index contributed by atoms with van der Waals surface area (Å²) in [5.74, 6) is 0.420. The van der Waals surface area contributed by atoms with Gasteiger partial charge in [-0.1, -0.05) is 29.3 Å². The maximum Gasteiger partial charge on any atom is 0.263 e. The van der Waals surface area contributed by atoms with Gasteiger partial charge in [-0.25, -0.2) is 0 Å². The third-order valence-electron chi connectivity index (χ3n) is 3.38. The fourth-order valence-electron chi connectivity index (χ4n) is 2.10. The lowest BCUT2D eigenvalue weighted by Gasteiger charge is -2.33. The van der Waals surface area contributed by atoms with Crippen molar-refractivity contribution < 1.29 is 9.53 Å². The number of rotatable bonds is 3. The minimum absolute atomic E-state index is 0.0193. The molecule has 1 aliphatic rings. The third-order valence-corrected chi connectivity index (χ3v) is 4.18. The molecule has 1 saturated heterocycles. The zero-order valence-corrected chi connectivity index (χ0v) is 13.1. The Morgan fingerprint density at radius 3 is 2.55 bits per heavy atom. The van der Waals surface area contributed by atoms with Crippen LogP contribution >= 0.6 is 23.2 Å². The molecule has 1 amide bonds. The Bertz CT molecular complexity index is 488. The van der Waals surface area contributed by atoms with Crippen LogP contribution in [-0.4, -0.2) is 55.0 Å². The van der Waals surface area contributed by atoms with Crippen LogP contribution in [0.25, 0.3) is 0 Å². The molecule has 0 aliphatic carbocycles. The lowest BCUT2D eigenvalue weighted by Crippen LogP contribution is -2.50. The van der Waals surface area contributed by atoms with Gasteiger partial charge in [-0.3, -0.25) is 4.79 Å². The molecule has 0 N–H and O–H groups in total. The van der Waals surface area contributed by atoms with Crippen LogP contribution in [0.2, 0.25) is 10.0 Å². The molecule has 0 radical (unpaired) electrons. The van der Waals surface area contributed by atoms with Crippen LogP contribution in [-0.2, 0) is 4.79 Å². The second kappa shape index (κ2) is 6.66. The molecule has 6 heteroatoms. The van der Waals surface area contributed by atoms with E-state index in [1.807, 2.05) is 11.9 Å². The summed E-state index contributed by atoms with van der Waals surface area (Å²) in [5.41, 5.74) is 0. The van der Waals surface area contributed by atoms with E-state index in [-0.39, 0.29) is 5.91 Å². The number of piperazine rings is 1. The number of ether oxygens (including phenoxy) is 1. The molecular weight excluding hydrogens is 299 g/mol. The Hall–Kier alpha value is -0.970. The molecule has 0 aromatic heterocycles. The molecule has 0 spiro atoms. The molecule has 1 aliphatic heterocycles. The number of amides is 1. The molecule has 2 rings (SSSR count). The van der Waals surface area contributed by atoms with Crippen molar-refractivity contribution in [2.45, 2.75) is 13.0 Å². The average molecular weight is 317 g/mol. The monoisotopic (exact) mass is 316 g/mol. The van der Waals surface area contributed by atoms with Crippen LogP contribution in [0.15, 0.2) is 18.2 Å². The number of halogens is 2. The summed E-state index contributed by atoms with van der Waals surface area (Å²) in [6.45, 7) is 4.96. The standard InChI is InChI=1S/C14H18Cl2N2O2/c1-10(14(19)18-8-6-17(2)7-9-18)20-12-5-3-4-11(15)13(12)16/h3-5,10H,6-9H2,1-2H3/t10-/m1/s1. The highest BCUT2D eigenvalue weighted by atomic mass is 35.5. The van der Waals surface area contributed by atoms with Crippen LogP contribution in [0.4, 0.5) is 0 Å². The Kier molecular flexibility index (Phi) is 5.13. The Morgan fingerprint density at radius 2 is 1.90 bits per heavy atom. The number of nitrogens with zero attached hydrogens (tertiary/aromatic N) is 2. The van der Waals surface area contributed by atoms with E-state index in [1.165, 1.54) is 0 Å².